The van der Waals surface area contributed by atoms with Crippen LogP contribution in [0.2, 0.25) is 0 Å². The highest BCUT2D eigenvalue weighted by atomic mass is 32.1. The quantitative estimate of drug-likeness (QED) is 0.799. The smallest absolute Gasteiger partial charge is 0.263 e. The maximum absolute atomic E-state index is 13.0. The van der Waals surface area contributed by atoms with E-state index in [0.29, 0.717) is 22.1 Å². The standard InChI is InChI=1S/C16H13FN4OS/c1-10-14(15(22)18-8-11-6-7-19-20-9-11)23-16(21-10)12-2-4-13(17)5-3-12/h2-7,9H,8H2,1H3,(H,18,22). The van der Waals surface area contributed by atoms with Gasteiger partial charge in [0, 0.05) is 18.3 Å². The first-order chi connectivity index (χ1) is 11.1. The fourth-order valence-electron chi connectivity index (χ4n) is 2.01. The monoisotopic (exact) mass is 328 g/mol. The van der Waals surface area contributed by atoms with Crippen LogP contribution in [-0.2, 0) is 6.54 Å². The first-order valence-corrected chi connectivity index (χ1v) is 7.72. The predicted molar refractivity (Wildman–Crippen MR) is 85.4 cm³/mol. The molecule has 116 valence electrons. The van der Waals surface area contributed by atoms with E-state index in [-0.39, 0.29) is 11.7 Å². The molecule has 0 aliphatic rings. The Hall–Kier alpha value is -2.67. The molecule has 0 atom stereocenters. The van der Waals surface area contributed by atoms with Crippen molar-refractivity contribution in [2.75, 3.05) is 0 Å². The summed E-state index contributed by atoms with van der Waals surface area (Å²) < 4.78 is 13.0. The summed E-state index contributed by atoms with van der Waals surface area (Å²) in [6.45, 7) is 2.16. The van der Waals surface area contributed by atoms with Crippen LogP contribution >= 0.6 is 11.3 Å². The largest absolute Gasteiger partial charge is 0.347 e. The number of carbonyl (C=O) groups is 1. The zero-order valence-corrected chi connectivity index (χ0v) is 13.1. The third-order valence-electron chi connectivity index (χ3n) is 3.19. The van der Waals surface area contributed by atoms with Crippen LogP contribution in [0.1, 0.15) is 20.9 Å². The van der Waals surface area contributed by atoms with Gasteiger partial charge in [0.25, 0.3) is 5.91 Å². The second-order valence-corrected chi connectivity index (χ2v) is 5.87. The van der Waals surface area contributed by atoms with E-state index in [1.54, 1.807) is 37.5 Å². The normalized spacial score (nSPS) is 10.5. The van der Waals surface area contributed by atoms with Crippen LogP contribution in [0.3, 0.4) is 0 Å². The highest BCUT2D eigenvalue weighted by molar-refractivity contribution is 7.17. The Balaban J connectivity index is 1.75. The van der Waals surface area contributed by atoms with Crippen LogP contribution in [-0.4, -0.2) is 21.1 Å². The van der Waals surface area contributed by atoms with E-state index in [1.807, 2.05) is 0 Å². The van der Waals surface area contributed by atoms with E-state index in [0.717, 1.165) is 11.1 Å². The number of benzene rings is 1. The van der Waals surface area contributed by atoms with Gasteiger partial charge in [0.05, 0.1) is 11.9 Å². The molecule has 1 amide bonds. The number of hydrogen-bond donors (Lipinski definition) is 1. The summed E-state index contributed by atoms with van der Waals surface area (Å²) in [5.41, 5.74) is 2.31. The van der Waals surface area contributed by atoms with Gasteiger partial charge in [-0.3, -0.25) is 4.79 Å². The summed E-state index contributed by atoms with van der Waals surface area (Å²) >= 11 is 1.29. The van der Waals surface area contributed by atoms with Gasteiger partial charge < -0.3 is 5.32 Å². The lowest BCUT2D eigenvalue weighted by molar-refractivity contribution is 0.0954. The molecule has 5 nitrogen and oxygen atoms in total. The van der Waals surface area contributed by atoms with Gasteiger partial charge in [0.15, 0.2) is 0 Å². The maximum atomic E-state index is 13.0. The maximum Gasteiger partial charge on any atom is 0.263 e. The molecule has 1 aromatic carbocycles. The van der Waals surface area contributed by atoms with Crippen LogP contribution in [0.4, 0.5) is 4.39 Å². The summed E-state index contributed by atoms with van der Waals surface area (Å²) in [6.07, 6.45) is 3.18. The number of halogens is 1. The van der Waals surface area contributed by atoms with Crippen LogP contribution in [0.25, 0.3) is 10.6 Å². The number of carbonyl (C=O) groups excluding carboxylic acids is 1. The van der Waals surface area contributed by atoms with Crippen LogP contribution < -0.4 is 5.32 Å². The van der Waals surface area contributed by atoms with Crippen molar-refractivity contribution < 1.29 is 9.18 Å². The molecule has 1 N–H and O–H groups in total. The van der Waals surface area contributed by atoms with Gasteiger partial charge in [-0.25, -0.2) is 9.37 Å². The van der Waals surface area contributed by atoms with Crippen LogP contribution in [0.15, 0.2) is 42.7 Å². The molecule has 0 radical (unpaired) electrons. The van der Waals surface area contributed by atoms with E-state index < -0.39 is 0 Å². The van der Waals surface area contributed by atoms with Gasteiger partial charge in [-0.2, -0.15) is 10.2 Å². The zero-order valence-electron chi connectivity index (χ0n) is 12.3. The Morgan fingerprint density at radius 2 is 2.00 bits per heavy atom. The fourth-order valence-corrected chi connectivity index (χ4v) is 3.00. The number of hydrogen-bond acceptors (Lipinski definition) is 5. The Kier molecular flexibility index (Phi) is 4.38. The fraction of sp³-hybridized carbons (Fsp3) is 0.125. The van der Waals surface area contributed by atoms with Gasteiger partial charge in [-0.05, 0) is 42.8 Å². The van der Waals surface area contributed by atoms with E-state index in [9.17, 15) is 9.18 Å². The Bertz CT molecular complexity index is 818. The van der Waals surface area contributed by atoms with Crippen molar-refractivity contribution in [2.24, 2.45) is 0 Å². The zero-order chi connectivity index (χ0) is 16.2. The van der Waals surface area contributed by atoms with Crippen molar-refractivity contribution in [2.45, 2.75) is 13.5 Å². The first-order valence-electron chi connectivity index (χ1n) is 6.90. The molecule has 3 rings (SSSR count). The SMILES string of the molecule is Cc1nc(-c2ccc(F)cc2)sc1C(=O)NCc1ccnnc1. The van der Waals surface area contributed by atoms with Gasteiger partial charge in [0.2, 0.25) is 0 Å². The molecule has 23 heavy (non-hydrogen) atoms. The molecule has 0 saturated heterocycles. The highest BCUT2D eigenvalue weighted by Gasteiger charge is 2.16. The summed E-state index contributed by atoms with van der Waals surface area (Å²) in [5, 5.41) is 11.0. The molecule has 0 unspecified atom stereocenters. The molecule has 2 aromatic heterocycles. The first kappa shape index (κ1) is 15.2. The third-order valence-corrected chi connectivity index (χ3v) is 4.40. The van der Waals surface area contributed by atoms with Gasteiger partial charge in [-0.1, -0.05) is 0 Å². The lowest BCUT2D eigenvalue weighted by Crippen LogP contribution is -2.22. The molecule has 0 aliphatic heterocycles. The number of amides is 1. The van der Waals surface area contributed by atoms with Crippen molar-refractivity contribution in [3.05, 3.63) is 64.7 Å². The molecule has 7 heteroatoms. The predicted octanol–water partition coefficient (Wildman–Crippen LogP) is 2.98. The highest BCUT2D eigenvalue weighted by Crippen LogP contribution is 2.28. The average Bonchev–Trinajstić information content (AvgIpc) is 2.96. The third kappa shape index (κ3) is 3.57. The van der Waals surface area contributed by atoms with E-state index >= 15 is 0 Å². The summed E-state index contributed by atoms with van der Waals surface area (Å²) in [4.78, 5) is 17.2. The van der Waals surface area contributed by atoms with E-state index in [2.05, 4.69) is 20.5 Å². The van der Waals surface area contributed by atoms with E-state index in [1.165, 1.54) is 23.5 Å². The Morgan fingerprint density at radius 3 is 2.70 bits per heavy atom. The number of nitrogens with one attached hydrogen (secondary N) is 1. The number of rotatable bonds is 4. The molecule has 0 saturated carbocycles. The van der Waals surface area contributed by atoms with Crippen LogP contribution in [0.5, 0.6) is 0 Å². The van der Waals surface area contributed by atoms with Gasteiger partial charge >= 0.3 is 0 Å². The number of aryl methyl sites for hydroxylation is 1. The minimum absolute atomic E-state index is 0.190. The lowest BCUT2D eigenvalue weighted by atomic mass is 10.2. The molecular formula is C16H13FN4OS. The second kappa shape index (κ2) is 6.62. The topological polar surface area (TPSA) is 67.8 Å². The number of thiazole rings is 1. The molecule has 0 bridgehead atoms. The average molecular weight is 328 g/mol. The number of nitrogens with zero attached hydrogens (tertiary/aromatic N) is 3. The number of aromatic nitrogens is 3. The van der Waals surface area contributed by atoms with Crippen molar-refractivity contribution in [1.82, 2.24) is 20.5 Å². The minimum atomic E-state index is -0.300. The van der Waals surface area contributed by atoms with Gasteiger partial charge in [-0.15, -0.1) is 11.3 Å². The summed E-state index contributed by atoms with van der Waals surface area (Å²) in [6, 6.07) is 7.84. The molecule has 0 aliphatic carbocycles. The molecule has 0 spiro atoms. The van der Waals surface area contributed by atoms with E-state index in [4.69, 9.17) is 0 Å². The summed E-state index contributed by atoms with van der Waals surface area (Å²) in [5.74, 6) is -0.490. The Labute approximate surface area is 136 Å². The Morgan fingerprint density at radius 1 is 1.22 bits per heavy atom. The second-order valence-electron chi connectivity index (χ2n) is 4.87. The van der Waals surface area contributed by atoms with Crippen molar-refractivity contribution in [1.29, 1.82) is 0 Å². The van der Waals surface area contributed by atoms with Crippen molar-refractivity contribution >= 4 is 17.2 Å². The lowest BCUT2D eigenvalue weighted by Gasteiger charge is -2.03. The van der Waals surface area contributed by atoms with Crippen molar-refractivity contribution in [3.8, 4) is 10.6 Å². The van der Waals surface area contributed by atoms with Crippen LogP contribution in [0, 0.1) is 12.7 Å². The minimum Gasteiger partial charge on any atom is -0.347 e. The molecular weight excluding hydrogens is 315 g/mol. The summed E-state index contributed by atoms with van der Waals surface area (Å²) in [7, 11) is 0. The van der Waals surface area contributed by atoms with Crippen molar-refractivity contribution in [3.63, 3.8) is 0 Å². The van der Waals surface area contributed by atoms with Gasteiger partial charge in [0.1, 0.15) is 15.7 Å². The molecule has 0 fully saturated rings. The molecule has 2 heterocycles. The molecule has 3 aromatic rings.